The Bertz CT molecular complexity index is 899. The van der Waals surface area contributed by atoms with Gasteiger partial charge in [-0.05, 0) is 37.3 Å². The minimum absolute atomic E-state index is 0.0508. The molecule has 0 atom stereocenters. The van der Waals surface area contributed by atoms with Crippen molar-refractivity contribution in [2.75, 3.05) is 11.1 Å². The van der Waals surface area contributed by atoms with Gasteiger partial charge < -0.3 is 9.73 Å². The van der Waals surface area contributed by atoms with Gasteiger partial charge in [0.15, 0.2) is 0 Å². The van der Waals surface area contributed by atoms with E-state index in [1.165, 1.54) is 18.2 Å². The molecule has 0 saturated carbocycles. The Hall–Kier alpha value is -2.38. The molecule has 128 valence electrons. The van der Waals surface area contributed by atoms with Gasteiger partial charge in [-0.3, -0.25) is 4.79 Å². The molecule has 0 aliphatic rings. The number of nitrogens with one attached hydrogen (secondary N) is 1. The first-order valence-electron chi connectivity index (χ1n) is 7.29. The smallest absolute Gasteiger partial charge is 0.277 e. The monoisotopic (exact) mass is 377 g/mol. The lowest BCUT2D eigenvalue weighted by atomic mass is 10.1. The van der Waals surface area contributed by atoms with E-state index in [9.17, 15) is 9.18 Å². The normalized spacial score (nSPS) is 10.7. The van der Waals surface area contributed by atoms with Gasteiger partial charge in [0.05, 0.1) is 10.8 Å². The van der Waals surface area contributed by atoms with Gasteiger partial charge in [0.1, 0.15) is 5.82 Å². The average Bonchev–Trinajstić information content (AvgIpc) is 3.06. The first-order chi connectivity index (χ1) is 12.0. The SMILES string of the molecule is Cc1ccc(-c2nnc(SCC(=O)Nc3ccc(F)c(Cl)c3)o2)cc1. The van der Waals surface area contributed by atoms with Gasteiger partial charge in [-0.2, -0.15) is 0 Å². The van der Waals surface area contributed by atoms with Crippen LogP contribution in [0.5, 0.6) is 0 Å². The molecule has 0 aliphatic heterocycles. The van der Waals surface area contributed by atoms with E-state index in [4.69, 9.17) is 16.0 Å². The van der Waals surface area contributed by atoms with Gasteiger partial charge in [-0.25, -0.2) is 4.39 Å². The molecular formula is C17H13ClFN3O2S. The number of anilines is 1. The fraction of sp³-hybridized carbons (Fsp3) is 0.118. The van der Waals surface area contributed by atoms with Crippen LogP contribution in [0.15, 0.2) is 52.1 Å². The number of halogens is 2. The van der Waals surface area contributed by atoms with E-state index in [1.54, 1.807) is 0 Å². The quantitative estimate of drug-likeness (QED) is 0.660. The second-order valence-electron chi connectivity index (χ2n) is 5.20. The summed E-state index contributed by atoms with van der Waals surface area (Å²) >= 11 is 6.79. The number of carbonyl (C=O) groups is 1. The molecule has 0 radical (unpaired) electrons. The van der Waals surface area contributed by atoms with E-state index in [1.807, 2.05) is 31.2 Å². The molecule has 0 unspecified atom stereocenters. The number of rotatable bonds is 5. The molecule has 1 aromatic heterocycles. The standard InChI is InChI=1S/C17H13ClFN3O2S/c1-10-2-4-11(5-3-10)16-21-22-17(24-16)25-9-15(23)20-12-6-7-14(19)13(18)8-12/h2-8H,9H2,1H3,(H,20,23). The molecule has 1 amide bonds. The molecule has 0 saturated heterocycles. The van der Waals surface area contributed by atoms with Crippen LogP contribution in [0, 0.1) is 12.7 Å². The van der Waals surface area contributed by atoms with Crippen LogP contribution in [-0.2, 0) is 4.79 Å². The number of carbonyl (C=O) groups excluding carboxylic acids is 1. The van der Waals surface area contributed by atoms with Gasteiger partial charge in [0.25, 0.3) is 5.22 Å². The molecule has 0 aliphatic carbocycles. The lowest BCUT2D eigenvalue weighted by molar-refractivity contribution is -0.113. The van der Waals surface area contributed by atoms with Gasteiger partial charge >= 0.3 is 0 Å². The summed E-state index contributed by atoms with van der Waals surface area (Å²) in [6.45, 7) is 1.99. The van der Waals surface area contributed by atoms with Crippen LogP contribution in [0.3, 0.4) is 0 Å². The van der Waals surface area contributed by atoms with Crippen molar-refractivity contribution in [1.29, 1.82) is 0 Å². The highest BCUT2D eigenvalue weighted by Crippen LogP contribution is 2.24. The van der Waals surface area contributed by atoms with E-state index in [0.717, 1.165) is 22.9 Å². The molecule has 0 spiro atoms. The van der Waals surface area contributed by atoms with Crippen molar-refractivity contribution in [2.24, 2.45) is 0 Å². The molecule has 25 heavy (non-hydrogen) atoms. The second kappa shape index (κ2) is 7.67. The summed E-state index contributed by atoms with van der Waals surface area (Å²) in [6.07, 6.45) is 0. The number of amides is 1. The summed E-state index contributed by atoms with van der Waals surface area (Å²) in [5, 5.41) is 10.8. The van der Waals surface area contributed by atoms with Gasteiger partial charge in [0.2, 0.25) is 11.8 Å². The summed E-state index contributed by atoms with van der Waals surface area (Å²) in [5.41, 5.74) is 2.37. The highest BCUT2D eigenvalue weighted by Gasteiger charge is 2.12. The first-order valence-corrected chi connectivity index (χ1v) is 8.66. The zero-order valence-electron chi connectivity index (χ0n) is 13.1. The Morgan fingerprint density at radius 3 is 2.72 bits per heavy atom. The molecule has 0 bridgehead atoms. The predicted molar refractivity (Wildman–Crippen MR) is 95.2 cm³/mol. The third-order valence-corrected chi connectivity index (χ3v) is 4.34. The van der Waals surface area contributed by atoms with Crippen molar-refractivity contribution in [3.8, 4) is 11.5 Å². The van der Waals surface area contributed by atoms with E-state index in [-0.39, 0.29) is 16.7 Å². The lowest BCUT2D eigenvalue weighted by Gasteiger charge is -2.04. The Morgan fingerprint density at radius 1 is 1.24 bits per heavy atom. The van der Waals surface area contributed by atoms with E-state index < -0.39 is 5.82 Å². The predicted octanol–water partition coefficient (Wildman–Crippen LogP) is 4.57. The minimum atomic E-state index is -0.538. The molecule has 1 heterocycles. The number of hydrogen-bond acceptors (Lipinski definition) is 5. The lowest BCUT2D eigenvalue weighted by Crippen LogP contribution is -2.14. The highest BCUT2D eigenvalue weighted by atomic mass is 35.5. The van der Waals surface area contributed by atoms with Crippen molar-refractivity contribution in [3.63, 3.8) is 0 Å². The Labute approximate surface area is 152 Å². The van der Waals surface area contributed by atoms with Crippen LogP contribution in [-0.4, -0.2) is 21.9 Å². The van der Waals surface area contributed by atoms with Crippen LogP contribution >= 0.6 is 23.4 Å². The summed E-state index contributed by atoms with van der Waals surface area (Å²) in [5.74, 6) is -0.357. The van der Waals surface area contributed by atoms with Crippen LogP contribution in [0.25, 0.3) is 11.5 Å². The zero-order valence-corrected chi connectivity index (χ0v) is 14.7. The number of hydrogen-bond donors (Lipinski definition) is 1. The molecule has 1 N–H and O–H groups in total. The van der Waals surface area contributed by atoms with Crippen LogP contribution < -0.4 is 5.32 Å². The van der Waals surface area contributed by atoms with Crippen LogP contribution in [0.1, 0.15) is 5.56 Å². The summed E-state index contributed by atoms with van der Waals surface area (Å²) in [7, 11) is 0. The number of thioether (sulfide) groups is 1. The third-order valence-electron chi connectivity index (χ3n) is 3.24. The van der Waals surface area contributed by atoms with E-state index in [0.29, 0.717) is 16.8 Å². The molecule has 5 nitrogen and oxygen atoms in total. The molecule has 2 aromatic carbocycles. The van der Waals surface area contributed by atoms with Gasteiger partial charge in [0, 0.05) is 11.3 Å². The van der Waals surface area contributed by atoms with Crippen LogP contribution in [0.2, 0.25) is 5.02 Å². The highest BCUT2D eigenvalue weighted by molar-refractivity contribution is 7.99. The van der Waals surface area contributed by atoms with Crippen molar-refractivity contribution >= 4 is 35.0 Å². The third kappa shape index (κ3) is 4.58. The topological polar surface area (TPSA) is 68.0 Å². The maximum absolute atomic E-state index is 13.1. The summed E-state index contributed by atoms with van der Waals surface area (Å²) in [4.78, 5) is 11.9. The van der Waals surface area contributed by atoms with Gasteiger partial charge in [-0.1, -0.05) is 41.1 Å². The van der Waals surface area contributed by atoms with E-state index in [2.05, 4.69) is 15.5 Å². The number of nitrogens with zero attached hydrogens (tertiary/aromatic N) is 2. The average molecular weight is 378 g/mol. The fourth-order valence-corrected chi connectivity index (χ4v) is 2.72. The molecule has 3 aromatic rings. The summed E-state index contributed by atoms with van der Waals surface area (Å²) < 4.78 is 18.6. The van der Waals surface area contributed by atoms with Gasteiger partial charge in [-0.15, -0.1) is 10.2 Å². The van der Waals surface area contributed by atoms with Crippen molar-refractivity contribution in [1.82, 2.24) is 10.2 Å². The molecule has 3 rings (SSSR count). The van der Waals surface area contributed by atoms with Crippen molar-refractivity contribution < 1.29 is 13.6 Å². The zero-order chi connectivity index (χ0) is 17.8. The fourth-order valence-electron chi connectivity index (χ4n) is 1.98. The Balaban J connectivity index is 1.57. The molecule has 0 fully saturated rings. The molecular weight excluding hydrogens is 365 g/mol. The molecule has 8 heteroatoms. The Kier molecular flexibility index (Phi) is 5.35. The van der Waals surface area contributed by atoms with Crippen molar-refractivity contribution in [2.45, 2.75) is 12.1 Å². The second-order valence-corrected chi connectivity index (χ2v) is 6.54. The Morgan fingerprint density at radius 2 is 2.00 bits per heavy atom. The number of aromatic nitrogens is 2. The minimum Gasteiger partial charge on any atom is -0.411 e. The number of aryl methyl sites for hydroxylation is 1. The maximum Gasteiger partial charge on any atom is 0.277 e. The largest absolute Gasteiger partial charge is 0.411 e. The van der Waals surface area contributed by atoms with Crippen LogP contribution in [0.4, 0.5) is 10.1 Å². The maximum atomic E-state index is 13.1. The first kappa shape index (κ1) is 17.4. The van der Waals surface area contributed by atoms with Crippen molar-refractivity contribution in [3.05, 3.63) is 58.9 Å². The summed E-state index contributed by atoms with van der Waals surface area (Å²) in [6, 6.07) is 11.7. The number of benzene rings is 2. The van der Waals surface area contributed by atoms with E-state index >= 15 is 0 Å².